The van der Waals surface area contributed by atoms with Crippen LogP contribution in [-0.4, -0.2) is 10.2 Å². The Bertz CT molecular complexity index is 88.3. The first-order valence-electron chi connectivity index (χ1n) is 2.67. The van der Waals surface area contributed by atoms with Gasteiger partial charge in [0.15, 0.2) is 0 Å². The average Bonchev–Trinajstić information content (AvgIpc) is 1.64. The fourth-order valence-electron chi connectivity index (χ4n) is 0.451. The highest BCUT2D eigenvalue weighted by molar-refractivity contribution is 6.48. The first kappa shape index (κ1) is 9.61. The molecule has 0 saturated heterocycles. The highest BCUT2D eigenvalue weighted by Crippen LogP contribution is 2.29. The van der Waals surface area contributed by atoms with Crippen LogP contribution in [0, 0.1) is 0 Å². The molecular weight excluding hydrogens is 178 g/mol. The Morgan fingerprint density at radius 2 is 2.00 bits per heavy atom. The normalized spacial score (nSPS) is 11.4. The van der Waals surface area contributed by atoms with Crippen molar-refractivity contribution in [3.05, 3.63) is 12.7 Å². The Hall–Kier alpha value is 0.610. The van der Waals surface area contributed by atoms with Crippen LogP contribution >= 0.6 is 34.8 Å². The lowest BCUT2D eigenvalue weighted by Gasteiger charge is -2.14. The number of rotatable bonds is 4. The van der Waals surface area contributed by atoms with E-state index in [1.54, 1.807) is 6.08 Å². The maximum Gasteiger partial charge on any atom is 0.122 e. The van der Waals surface area contributed by atoms with Gasteiger partial charge in [-0.15, -0.1) is 41.4 Å². The second-order valence-electron chi connectivity index (χ2n) is 1.79. The fraction of sp³-hybridized carbons (Fsp3) is 0.667. The topological polar surface area (TPSA) is 0 Å². The van der Waals surface area contributed by atoms with Crippen LogP contribution in [0.5, 0.6) is 0 Å². The van der Waals surface area contributed by atoms with E-state index >= 15 is 0 Å². The maximum absolute atomic E-state index is 5.75. The van der Waals surface area contributed by atoms with Crippen LogP contribution < -0.4 is 0 Å². The summed E-state index contributed by atoms with van der Waals surface area (Å²) in [5.74, 6) is 0.487. The van der Waals surface area contributed by atoms with Crippen molar-refractivity contribution in [2.24, 2.45) is 0 Å². The van der Waals surface area contributed by atoms with Crippen LogP contribution in [0.2, 0.25) is 0 Å². The number of halogens is 3. The van der Waals surface area contributed by atoms with Gasteiger partial charge in [-0.3, -0.25) is 0 Å². The van der Waals surface area contributed by atoms with Gasteiger partial charge in [0, 0.05) is 5.88 Å². The minimum atomic E-state index is -0.705. The summed E-state index contributed by atoms with van der Waals surface area (Å²) in [6.07, 6.45) is 2.87. The van der Waals surface area contributed by atoms with E-state index in [9.17, 15) is 0 Å². The molecule has 0 aliphatic rings. The van der Waals surface area contributed by atoms with Gasteiger partial charge in [0.1, 0.15) is 4.33 Å². The molecule has 0 unspecified atom stereocenters. The Balaban J connectivity index is 3.55. The summed E-state index contributed by atoms with van der Waals surface area (Å²) < 4.78 is -0.705. The standard InChI is InChI=1S/C6H9Cl3/c1-2-3-6(8,9)4-5-7/h2H,1,3-5H2. The lowest BCUT2D eigenvalue weighted by atomic mass is 10.2. The Labute approximate surface area is 70.8 Å². The van der Waals surface area contributed by atoms with Gasteiger partial charge < -0.3 is 0 Å². The maximum atomic E-state index is 5.75. The van der Waals surface area contributed by atoms with Crippen molar-refractivity contribution in [2.45, 2.75) is 17.2 Å². The van der Waals surface area contributed by atoms with Crippen LogP contribution in [0.25, 0.3) is 0 Å². The van der Waals surface area contributed by atoms with Crippen LogP contribution in [0.15, 0.2) is 12.7 Å². The number of hydrogen-bond acceptors (Lipinski definition) is 0. The van der Waals surface area contributed by atoms with Gasteiger partial charge in [-0.25, -0.2) is 0 Å². The third kappa shape index (κ3) is 5.07. The molecule has 0 fully saturated rings. The van der Waals surface area contributed by atoms with E-state index in [-0.39, 0.29) is 0 Å². The smallest absolute Gasteiger partial charge is 0.122 e. The summed E-state index contributed by atoms with van der Waals surface area (Å²) in [5.41, 5.74) is 0. The van der Waals surface area contributed by atoms with Gasteiger partial charge in [-0.05, 0) is 12.8 Å². The Morgan fingerprint density at radius 1 is 1.44 bits per heavy atom. The summed E-state index contributed by atoms with van der Waals surface area (Å²) in [4.78, 5) is 0. The predicted octanol–water partition coefficient (Wildman–Crippen LogP) is 3.37. The number of allylic oxidation sites excluding steroid dienone is 1. The van der Waals surface area contributed by atoms with Crippen molar-refractivity contribution in [1.82, 2.24) is 0 Å². The molecule has 0 aliphatic carbocycles. The molecule has 54 valence electrons. The SMILES string of the molecule is C=CCC(Cl)(Cl)CCCl. The zero-order valence-corrected chi connectivity index (χ0v) is 7.31. The Morgan fingerprint density at radius 3 is 2.33 bits per heavy atom. The molecule has 0 radical (unpaired) electrons. The second-order valence-corrected chi connectivity index (χ2v) is 3.81. The summed E-state index contributed by atoms with van der Waals surface area (Å²) in [5, 5.41) is 0. The zero-order valence-electron chi connectivity index (χ0n) is 5.04. The van der Waals surface area contributed by atoms with Crippen LogP contribution in [-0.2, 0) is 0 Å². The summed E-state index contributed by atoms with van der Waals surface area (Å²) in [6, 6.07) is 0. The molecule has 3 heteroatoms. The molecule has 0 N–H and O–H groups in total. The van der Waals surface area contributed by atoms with Crippen LogP contribution in [0.4, 0.5) is 0 Å². The van der Waals surface area contributed by atoms with E-state index in [0.29, 0.717) is 18.7 Å². The first-order valence-corrected chi connectivity index (χ1v) is 3.96. The minimum absolute atomic E-state index is 0.487. The number of alkyl halides is 3. The third-order valence-electron chi connectivity index (χ3n) is 0.903. The molecule has 0 spiro atoms. The monoisotopic (exact) mass is 186 g/mol. The molecule has 0 aromatic heterocycles. The van der Waals surface area contributed by atoms with E-state index in [4.69, 9.17) is 34.8 Å². The number of hydrogen-bond donors (Lipinski definition) is 0. The van der Waals surface area contributed by atoms with Gasteiger partial charge in [-0.2, -0.15) is 0 Å². The van der Waals surface area contributed by atoms with Crippen LogP contribution in [0.1, 0.15) is 12.8 Å². The lowest BCUT2D eigenvalue weighted by molar-refractivity contribution is 0.760. The predicted molar refractivity (Wildman–Crippen MR) is 44.6 cm³/mol. The highest BCUT2D eigenvalue weighted by atomic mass is 35.5. The molecule has 0 aromatic carbocycles. The summed E-state index contributed by atoms with van der Waals surface area (Å²) in [6.45, 7) is 3.52. The Kier molecular flexibility index (Phi) is 4.73. The third-order valence-corrected chi connectivity index (χ3v) is 1.78. The first-order chi connectivity index (χ1) is 4.12. The van der Waals surface area contributed by atoms with E-state index in [2.05, 4.69) is 6.58 Å². The van der Waals surface area contributed by atoms with Crippen molar-refractivity contribution < 1.29 is 0 Å². The molecule has 9 heavy (non-hydrogen) atoms. The largest absolute Gasteiger partial charge is 0.127 e. The summed E-state index contributed by atoms with van der Waals surface area (Å²) >= 11 is 16.9. The average molecular weight is 187 g/mol. The van der Waals surface area contributed by atoms with Crippen molar-refractivity contribution >= 4 is 34.8 Å². The summed E-state index contributed by atoms with van der Waals surface area (Å²) in [7, 11) is 0. The van der Waals surface area contributed by atoms with Crippen LogP contribution in [0.3, 0.4) is 0 Å². The lowest BCUT2D eigenvalue weighted by Crippen LogP contribution is -2.11. The second kappa shape index (κ2) is 4.43. The molecule has 0 aliphatic heterocycles. The molecule has 0 saturated carbocycles. The minimum Gasteiger partial charge on any atom is -0.127 e. The van der Waals surface area contributed by atoms with E-state index in [1.165, 1.54) is 0 Å². The van der Waals surface area contributed by atoms with Gasteiger partial charge in [0.25, 0.3) is 0 Å². The van der Waals surface area contributed by atoms with Crippen molar-refractivity contribution in [1.29, 1.82) is 0 Å². The van der Waals surface area contributed by atoms with Gasteiger partial charge in [0.2, 0.25) is 0 Å². The zero-order chi connectivity index (χ0) is 7.33. The van der Waals surface area contributed by atoms with Gasteiger partial charge >= 0.3 is 0 Å². The van der Waals surface area contributed by atoms with Crippen molar-refractivity contribution in [3.8, 4) is 0 Å². The van der Waals surface area contributed by atoms with E-state index in [1.807, 2.05) is 0 Å². The quantitative estimate of drug-likeness (QED) is 0.468. The van der Waals surface area contributed by atoms with E-state index < -0.39 is 4.33 Å². The molecule has 0 nitrogen and oxygen atoms in total. The molecule has 0 amide bonds. The molecule has 0 aromatic rings. The van der Waals surface area contributed by atoms with E-state index in [0.717, 1.165) is 0 Å². The molecule has 0 heterocycles. The fourth-order valence-corrected chi connectivity index (χ4v) is 1.37. The highest BCUT2D eigenvalue weighted by Gasteiger charge is 2.20. The molecular formula is C6H9Cl3. The van der Waals surface area contributed by atoms with Crippen molar-refractivity contribution in [3.63, 3.8) is 0 Å². The molecule has 0 atom stereocenters. The molecule has 0 rings (SSSR count). The molecule has 0 bridgehead atoms. The van der Waals surface area contributed by atoms with Gasteiger partial charge in [0.05, 0.1) is 0 Å². The van der Waals surface area contributed by atoms with Gasteiger partial charge in [-0.1, -0.05) is 6.08 Å². The van der Waals surface area contributed by atoms with Crippen molar-refractivity contribution in [2.75, 3.05) is 5.88 Å².